The third kappa shape index (κ3) is 2.74. The van der Waals surface area contributed by atoms with Gasteiger partial charge >= 0.3 is 0 Å². The van der Waals surface area contributed by atoms with Gasteiger partial charge in [-0.15, -0.1) is 0 Å². The molecule has 0 radical (unpaired) electrons. The lowest BCUT2D eigenvalue weighted by molar-refractivity contribution is 0.371. The maximum absolute atomic E-state index is 12.7. The van der Waals surface area contributed by atoms with E-state index in [9.17, 15) is 8.42 Å². The molecular weight excluding hydrogens is 302 g/mol. The van der Waals surface area contributed by atoms with E-state index in [1.54, 1.807) is 16.4 Å². The highest BCUT2D eigenvalue weighted by molar-refractivity contribution is 7.89. The highest BCUT2D eigenvalue weighted by Crippen LogP contribution is 2.22. The van der Waals surface area contributed by atoms with Crippen molar-refractivity contribution in [2.75, 3.05) is 31.1 Å². The van der Waals surface area contributed by atoms with Gasteiger partial charge in [0.2, 0.25) is 10.0 Å². The van der Waals surface area contributed by atoms with E-state index in [2.05, 4.69) is 5.16 Å². The van der Waals surface area contributed by atoms with Crippen LogP contribution in [0.3, 0.4) is 0 Å². The standard InChI is InChI=1S/C15H19N3O3S/c1-12-5-3-4-6-14(12)22(19,20)18-9-7-17(8-10-18)15-11-13(2)21-16-15/h3-6,11H,7-10H2,1-2H3. The van der Waals surface area contributed by atoms with Crippen LogP contribution in [0.2, 0.25) is 0 Å². The summed E-state index contributed by atoms with van der Waals surface area (Å²) in [6.45, 7) is 5.77. The Balaban J connectivity index is 1.75. The molecule has 1 aliphatic rings. The summed E-state index contributed by atoms with van der Waals surface area (Å²) in [4.78, 5) is 2.43. The topological polar surface area (TPSA) is 66.7 Å². The van der Waals surface area contributed by atoms with Crippen LogP contribution in [-0.4, -0.2) is 44.1 Å². The third-order valence-corrected chi connectivity index (χ3v) is 5.95. The van der Waals surface area contributed by atoms with Crippen molar-refractivity contribution >= 4 is 15.8 Å². The molecule has 3 rings (SSSR count). The van der Waals surface area contributed by atoms with Gasteiger partial charge in [0, 0.05) is 32.2 Å². The lowest BCUT2D eigenvalue weighted by Crippen LogP contribution is -2.48. The van der Waals surface area contributed by atoms with E-state index in [-0.39, 0.29) is 0 Å². The highest BCUT2D eigenvalue weighted by atomic mass is 32.2. The van der Waals surface area contributed by atoms with E-state index in [0.29, 0.717) is 31.1 Å². The van der Waals surface area contributed by atoms with Crippen LogP contribution in [-0.2, 0) is 10.0 Å². The second kappa shape index (κ2) is 5.73. The molecule has 0 aliphatic carbocycles. The molecule has 1 aliphatic heterocycles. The number of anilines is 1. The first kappa shape index (κ1) is 15.1. The zero-order valence-corrected chi connectivity index (χ0v) is 13.5. The quantitative estimate of drug-likeness (QED) is 0.862. The summed E-state index contributed by atoms with van der Waals surface area (Å²) < 4.78 is 32.1. The van der Waals surface area contributed by atoms with E-state index in [0.717, 1.165) is 17.1 Å². The number of aryl methyl sites for hydroxylation is 2. The zero-order chi connectivity index (χ0) is 15.7. The van der Waals surface area contributed by atoms with E-state index in [1.165, 1.54) is 0 Å². The van der Waals surface area contributed by atoms with Gasteiger partial charge in [0.25, 0.3) is 0 Å². The lowest BCUT2D eigenvalue weighted by atomic mass is 10.2. The second-order valence-electron chi connectivity index (χ2n) is 5.45. The molecule has 2 aromatic rings. The van der Waals surface area contributed by atoms with Crippen LogP contribution in [0.15, 0.2) is 39.8 Å². The van der Waals surface area contributed by atoms with Gasteiger partial charge in [0.1, 0.15) is 5.76 Å². The highest BCUT2D eigenvalue weighted by Gasteiger charge is 2.30. The molecule has 0 atom stereocenters. The van der Waals surface area contributed by atoms with Gasteiger partial charge in [0.15, 0.2) is 5.82 Å². The first-order chi connectivity index (χ1) is 10.5. The van der Waals surface area contributed by atoms with Crippen molar-refractivity contribution in [2.45, 2.75) is 18.7 Å². The number of nitrogens with zero attached hydrogens (tertiary/aromatic N) is 3. The largest absolute Gasteiger partial charge is 0.360 e. The van der Waals surface area contributed by atoms with Gasteiger partial charge in [-0.3, -0.25) is 0 Å². The number of sulfonamides is 1. The predicted molar refractivity (Wildman–Crippen MR) is 83.4 cm³/mol. The lowest BCUT2D eigenvalue weighted by Gasteiger charge is -2.34. The molecular formula is C15H19N3O3S. The van der Waals surface area contributed by atoms with Crippen molar-refractivity contribution in [1.82, 2.24) is 9.46 Å². The van der Waals surface area contributed by atoms with E-state index in [1.807, 2.05) is 36.9 Å². The number of piperazine rings is 1. The van der Waals surface area contributed by atoms with Crippen molar-refractivity contribution in [3.63, 3.8) is 0 Å². The number of rotatable bonds is 3. The molecule has 0 bridgehead atoms. The Bertz CT molecular complexity index is 762. The fraction of sp³-hybridized carbons (Fsp3) is 0.400. The Morgan fingerprint density at radius 3 is 2.36 bits per heavy atom. The minimum Gasteiger partial charge on any atom is -0.360 e. The number of aromatic nitrogens is 1. The number of benzene rings is 1. The van der Waals surface area contributed by atoms with Crippen LogP contribution in [0.25, 0.3) is 0 Å². The molecule has 118 valence electrons. The summed E-state index contributed by atoms with van der Waals surface area (Å²) in [7, 11) is -3.43. The monoisotopic (exact) mass is 321 g/mol. The molecule has 1 aromatic heterocycles. The SMILES string of the molecule is Cc1cc(N2CCN(S(=O)(=O)c3ccccc3C)CC2)no1. The Hall–Kier alpha value is -1.86. The molecule has 0 spiro atoms. The van der Waals surface area contributed by atoms with Crippen LogP contribution in [0.5, 0.6) is 0 Å². The van der Waals surface area contributed by atoms with Crippen LogP contribution in [0.1, 0.15) is 11.3 Å². The van der Waals surface area contributed by atoms with E-state index >= 15 is 0 Å². The average Bonchev–Trinajstić information content (AvgIpc) is 2.94. The van der Waals surface area contributed by atoms with Crippen LogP contribution < -0.4 is 4.90 Å². The van der Waals surface area contributed by atoms with Gasteiger partial charge in [-0.25, -0.2) is 8.42 Å². The smallest absolute Gasteiger partial charge is 0.243 e. The second-order valence-corrected chi connectivity index (χ2v) is 7.36. The van der Waals surface area contributed by atoms with Gasteiger partial charge in [-0.05, 0) is 25.5 Å². The predicted octanol–water partition coefficient (Wildman–Crippen LogP) is 1.80. The first-order valence-electron chi connectivity index (χ1n) is 7.22. The third-order valence-electron chi connectivity index (χ3n) is 3.89. The van der Waals surface area contributed by atoms with Crippen molar-refractivity contribution in [1.29, 1.82) is 0 Å². The van der Waals surface area contributed by atoms with Crippen molar-refractivity contribution in [3.05, 3.63) is 41.7 Å². The summed E-state index contributed by atoms with van der Waals surface area (Å²) in [5.74, 6) is 1.52. The van der Waals surface area contributed by atoms with Crippen LogP contribution >= 0.6 is 0 Å². The Labute approximate surface area is 130 Å². The summed E-state index contributed by atoms with van der Waals surface area (Å²) >= 11 is 0. The molecule has 0 N–H and O–H groups in total. The summed E-state index contributed by atoms with van der Waals surface area (Å²) in [5.41, 5.74) is 0.775. The number of hydrogen-bond acceptors (Lipinski definition) is 5. The van der Waals surface area contributed by atoms with Crippen LogP contribution in [0, 0.1) is 13.8 Å². The van der Waals surface area contributed by atoms with Crippen LogP contribution in [0.4, 0.5) is 5.82 Å². The minimum absolute atomic E-state index is 0.390. The Kier molecular flexibility index (Phi) is 3.92. The molecule has 0 saturated carbocycles. The van der Waals surface area contributed by atoms with Gasteiger partial charge in [0.05, 0.1) is 4.90 Å². The number of hydrogen-bond donors (Lipinski definition) is 0. The zero-order valence-electron chi connectivity index (χ0n) is 12.7. The molecule has 0 unspecified atom stereocenters. The van der Waals surface area contributed by atoms with E-state index < -0.39 is 10.0 Å². The van der Waals surface area contributed by atoms with Crippen molar-refractivity contribution < 1.29 is 12.9 Å². The molecule has 1 saturated heterocycles. The molecule has 22 heavy (non-hydrogen) atoms. The maximum Gasteiger partial charge on any atom is 0.243 e. The van der Waals surface area contributed by atoms with Gasteiger partial charge in [-0.1, -0.05) is 23.4 Å². The maximum atomic E-state index is 12.7. The normalized spacial score (nSPS) is 16.9. The first-order valence-corrected chi connectivity index (χ1v) is 8.66. The molecule has 7 heteroatoms. The van der Waals surface area contributed by atoms with Crippen molar-refractivity contribution in [3.8, 4) is 0 Å². The molecule has 0 amide bonds. The molecule has 2 heterocycles. The summed E-state index contributed by atoms with van der Waals surface area (Å²) in [6, 6.07) is 8.96. The molecule has 1 aromatic carbocycles. The van der Waals surface area contributed by atoms with Gasteiger partial charge < -0.3 is 9.42 Å². The Morgan fingerprint density at radius 2 is 1.77 bits per heavy atom. The van der Waals surface area contributed by atoms with Crippen molar-refractivity contribution in [2.24, 2.45) is 0 Å². The van der Waals surface area contributed by atoms with E-state index in [4.69, 9.17) is 4.52 Å². The average molecular weight is 321 g/mol. The van der Waals surface area contributed by atoms with Gasteiger partial charge in [-0.2, -0.15) is 4.31 Å². The summed E-state index contributed by atoms with van der Waals surface area (Å²) in [6.07, 6.45) is 0. The fourth-order valence-electron chi connectivity index (χ4n) is 2.64. The molecule has 1 fully saturated rings. The minimum atomic E-state index is -3.43. The molecule has 6 nitrogen and oxygen atoms in total. The summed E-state index contributed by atoms with van der Waals surface area (Å²) in [5, 5.41) is 3.98. The fourth-order valence-corrected chi connectivity index (χ4v) is 4.29. The Morgan fingerprint density at radius 1 is 1.09 bits per heavy atom.